The molecule has 0 bridgehead atoms. The quantitative estimate of drug-likeness (QED) is 0.366. The van der Waals surface area contributed by atoms with Crippen LogP contribution in [-0.2, 0) is 9.53 Å². The SMILES string of the molecule is CCC(C)(C)C(=O)OCCOc1ccc(N=Nc2ccc(C(=O)O)cc2)cc1. The fourth-order valence-electron chi connectivity index (χ4n) is 2.03. The molecule has 7 nitrogen and oxygen atoms in total. The molecule has 0 aromatic heterocycles. The third-order valence-corrected chi connectivity index (χ3v) is 4.25. The summed E-state index contributed by atoms with van der Waals surface area (Å²) in [5, 5.41) is 17.0. The number of carbonyl (C=O) groups excluding carboxylic acids is 1. The van der Waals surface area contributed by atoms with Gasteiger partial charge in [0, 0.05) is 0 Å². The molecule has 148 valence electrons. The highest BCUT2D eigenvalue weighted by molar-refractivity contribution is 5.87. The van der Waals surface area contributed by atoms with Crippen molar-refractivity contribution in [2.75, 3.05) is 13.2 Å². The summed E-state index contributed by atoms with van der Waals surface area (Å²) in [6.45, 7) is 6.11. The number of azo groups is 1. The lowest BCUT2D eigenvalue weighted by Crippen LogP contribution is -2.27. The van der Waals surface area contributed by atoms with Crippen LogP contribution in [0.15, 0.2) is 58.8 Å². The Morgan fingerprint density at radius 2 is 1.46 bits per heavy atom. The fraction of sp³-hybridized carbons (Fsp3) is 0.333. The van der Waals surface area contributed by atoms with E-state index in [0.717, 1.165) is 0 Å². The van der Waals surface area contributed by atoms with Gasteiger partial charge in [0.25, 0.3) is 0 Å². The normalized spacial score (nSPS) is 11.4. The first-order chi connectivity index (χ1) is 13.3. The molecular weight excluding hydrogens is 360 g/mol. The van der Waals surface area contributed by atoms with Crippen LogP contribution < -0.4 is 4.74 Å². The smallest absolute Gasteiger partial charge is 0.335 e. The molecule has 28 heavy (non-hydrogen) atoms. The molecule has 0 saturated heterocycles. The molecule has 0 amide bonds. The lowest BCUT2D eigenvalue weighted by Gasteiger charge is -2.20. The third kappa shape index (κ3) is 6.19. The summed E-state index contributed by atoms with van der Waals surface area (Å²) in [6, 6.07) is 13.1. The molecule has 0 heterocycles. The maximum absolute atomic E-state index is 11.9. The monoisotopic (exact) mass is 384 g/mol. The van der Waals surface area contributed by atoms with Gasteiger partial charge in [0.05, 0.1) is 22.4 Å². The molecule has 7 heteroatoms. The Labute approximate surface area is 164 Å². The molecule has 0 saturated carbocycles. The number of carbonyl (C=O) groups is 2. The number of benzene rings is 2. The molecule has 0 radical (unpaired) electrons. The Morgan fingerprint density at radius 1 is 0.929 bits per heavy atom. The highest BCUT2D eigenvalue weighted by atomic mass is 16.6. The minimum Gasteiger partial charge on any atom is -0.490 e. The molecule has 0 fully saturated rings. The van der Waals surface area contributed by atoms with Crippen LogP contribution in [-0.4, -0.2) is 30.3 Å². The Hall–Kier alpha value is -3.22. The third-order valence-electron chi connectivity index (χ3n) is 4.25. The molecule has 0 unspecified atom stereocenters. The van der Waals surface area contributed by atoms with E-state index in [2.05, 4.69) is 10.2 Å². The second-order valence-electron chi connectivity index (χ2n) is 6.77. The summed E-state index contributed by atoms with van der Waals surface area (Å²) in [6.07, 6.45) is 0.715. The zero-order chi connectivity index (χ0) is 20.6. The predicted octanol–water partition coefficient (Wildman–Crippen LogP) is 5.16. The highest BCUT2D eigenvalue weighted by Gasteiger charge is 2.26. The molecule has 2 aromatic rings. The molecule has 0 spiro atoms. The van der Waals surface area contributed by atoms with Gasteiger partial charge in [0.1, 0.15) is 19.0 Å². The lowest BCUT2D eigenvalue weighted by atomic mass is 9.91. The van der Waals surface area contributed by atoms with E-state index in [-0.39, 0.29) is 24.7 Å². The van der Waals surface area contributed by atoms with Crippen molar-refractivity contribution in [1.82, 2.24) is 0 Å². The van der Waals surface area contributed by atoms with E-state index >= 15 is 0 Å². The van der Waals surface area contributed by atoms with Crippen LogP contribution in [0.1, 0.15) is 37.6 Å². The number of hydrogen-bond acceptors (Lipinski definition) is 6. The summed E-state index contributed by atoms with van der Waals surface area (Å²) >= 11 is 0. The molecule has 2 aromatic carbocycles. The highest BCUT2D eigenvalue weighted by Crippen LogP contribution is 2.23. The van der Waals surface area contributed by atoms with Gasteiger partial charge >= 0.3 is 11.9 Å². The molecule has 2 rings (SSSR count). The van der Waals surface area contributed by atoms with Gasteiger partial charge < -0.3 is 14.6 Å². The van der Waals surface area contributed by atoms with Crippen molar-refractivity contribution in [1.29, 1.82) is 0 Å². The Morgan fingerprint density at radius 3 is 1.96 bits per heavy atom. The second kappa shape index (κ2) is 9.64. The van der Waals surface area contributed by atoms with Crippen molar-refractivity contribution in [2.24, 2.45) is 15.6 Å². The number of aromatic carboxylic acids is 1. The number of hydrogen-bond donors (Lipinski definition) is 1. The maximum Gasteiger partial charge on any atom is 0.335 e. The number of rotatable bonds is 9. The minimum atomic E-state index is -0.983. The van der Waals surface area contributed by atoms with Gasteiger partial charge in [0.2, 0.25) is 0 Å². The van der Waals surface area contributed by atoms with Crippen molar-refractivity contribution >= 4 is 23.3 Å². The van der Waals surface area contributed by atoms with Crippen LogP contribution >= 0.6 is 0 Å². The topological polar surface area (TPSA) is 97.5 Å². The van der Waals surface area contributed by atoms with E-state index in [1.54, 1.807) is 36.4 Å². The van der Waals surface area contributed by atoms with E-state index in [1.165, 1.54) is 12.1 Å². The lowest BCUT2D eigenvalue weighted by molar-refractivity contribution is -0.154. The number of nitrogens with zero attached hydrogens (tertiary/aromatic N) is 2. The fourth-order valence-corrected chi connectivity index (χ4v) is 2.03. The summed E-state index contributed by atoms with van der Waals surface area (Å²) < 4.78 is 10.8. The molecule has 0 aliphatic rings. The van der Waals surface area contributed by atoms with Crippen molar-refractivity contribution in [3.05, 3.63) is 54.1 Å². The van der Waals surface area contributed by atoms with Gasteiger partial charge in [-0.2, -0.15) is 10.2 Å². The average molecular weight is 384 g/mol. The molecule has 0 aliphatic heterocycles. The second-order valence-corrected chi connectivity index (χ2v) is 6.77. The van der Waals surface area contributed by atoms with Crippen LogP contribution in [0.25, 0.3) is 0 Å². The Kier molecular flexibility index (Phi) is 7.26. The van der Waals surface area contributed by atoms with Crippen LogP contribution in [0.2, 0.25) is 0 Å². The average Bonchev–Trinajstić information content (AvgIpc) is 2.70. The standard InChI is InChI=1S/C21H24N2O5/c1-4-21(2,3)20(26)28-14-13-27-18-11-9-17(10-12-18)23-22-16-7-5-15(6-8-16)19(24)25/h5-12H,4,13-14H2,1-3H3,(H,24,25). The van der Waals surface area contributed by atoms with Gasteiger partial charge in [-0.05, 0) is 68.8 Å². The zero-order valence-corrected chi connectivity index (χ0v) is 16.2. The van der Waals surface area contributed by atoms with Crippen LogP contribution in [0, 0.1) is 5.41 Å². The van der Waals surface area contributed by atoms with Gasteiger partial charge in [-0.15, -0.1) is 0 Å². The summed E-state index contributed by atoms with van der Waals surface area (Å²) in [4.78, 5) is 22.7. The number of esters is 1. The van der Waals surface area contributed by atoms with Crippen LogP contribution in [0.4, 0.5) is 11.4 Å². The summed E-state index contributed by atoms with van der Waals surface area (Å²) in [5.41, 5.74) is 0.901. The van der Waals surface area contributed by atoms with Gasteiger partial charge in [-0.1, -0.05) is 6.92 Å². The van der Waals surface area contributed by atoms with Gasteiger partial charge in [-0.25, -0.2) is 4.79 Å². The minimum absolute atomic E-state index is 0.191. The van der Waals surface area contributed by atoms with E-state index in [4.69, 9.17) is 14.6 Å². The first kappa shape index (κ1) is 21.1. The zero-order valence-electron chi connectivity index (χ0n) is 16.2. The van der Waals surface area contributed by atoms with E-state index in [9.17, 15) is 9.59 Å². The Bertz CT molecular complexity index is 827. The summed E-state index contributed by atoms with van der Waals surface area (Å²) in [5.74, 6) is -0.579. The van der Waals surface area contributed by atoms with Crippen LogP contribution in [0.5, 0.6) is 5.75 Å². The van der Waals surface area contributed by atoms with Crippen LogP contribution in [0.3, 0.4) is 0 Å². The van der Waals surface area contributed by atoms with Crippen molar-refractivity contribution in [3.63, 3.8) is 0 Å². The largest absolute Gasteiger partial charge is 0.490 e. The van der Waals surface area contributed by atoms with E-state index in [1.807, 2.05) is 20.8 Å². The van der Waals surface area contributed by atoms with Crippen molar-refractivity contribution in [3.8, 4) is 5.75 Å². The number of carboxylic acid groups (broad SMARTS) is 1. The molecule has 0 atom stereocenters. The molecular formula is C21H24N2O5. The molecule has 1 N–H and O–H groups in total. The first-order valence-corrected chi connectivity index (χ1v) is 8.97. The Balaban J connectivity index is 1.81. The van der Waals surface area contributed by atoms with Crippen molar-refractivity contribution in [2.45, 2.75) is 27.2 Å². The van der Waals surface area contributed by atoms with Gasteiger partial charge in [0.15, 0.2) is 0 Å². The number of ether oxygens (including phenoxy) is 2. The molecule has 0 aliphatic carbocycles. The number of carboxylic acids is 1. The van der Waals surface area contributed by atoms with Crippen molar-refractivity contribution < 1.29 is 24.2 Å². The maximum atomic E-state index is 11.9. The first-order valence-electron chi connectivity index (χ1n) is 8.97. The van der Waals surface area contributed by atoms with Gasteiger partial charge in [-0.3, -0.25) is 4.79 Å². The summed E-state index contributed by atoms with van der Waals surface area (Å²) in [7, 11) is 0. The van der Waals surface area contributed by atoms with E-state index in [0.29, 0.717) is 23.5 Å². The predicted molar refractivity (Wildman–Crippen MR) is 105 cm³/mol. The van der Waals surface area contributed by atoms with E-state index < -0.39 is 11.4 Å².